The Kier molecular flexibility index (Phi) is 4.24. The van der Waals surface area contributed by atoms with Gasteiger partial charge in [-0.3, -0.25) is 4.79 Å². The van der Waals surface area contributed by atoms with Crippen LogP contribution in [0.15, 0.2) is 6.07 Å². The van der Waals surface area contributed by atoms with Crippen LogP contribution in [0.2, 0.25) is 0 Å². The van der Waals surface area contributed by atoms with Crippen LogP contribution in [0.1, 0.15) is 46.3 Å². The van der Waals surface area contributed by atoms with Crippen LogP contribution in [-0.4, -0.2) is 54.0 Å². The van der Waals surface area contributed by atoms with Crippen LogP contribution in [0, 0.1) is 5.92 Å². The number of aryl methyl sites for hydroxylation is 1. The predicted molar refractivity (Wildman–Crippen MR) is 94.5 cm³/mol. The predicted octanol–water partition coefficient (Wildman–Crippen LogP) is 2.50. The lowest BCUT2D eigenvalue weighted by atomic mass is 9.90. The Balaban J connectivity index is 1.47. The first kappa shape index (κ1) is 15.9. The van der Waals surface area contributed by atoms with Gasteiger partial charge in [0, 0.05) is 31.1 Å². The van der Waals surface area contributed by atoms with E-state index in [-0.39, 0.29) is 18.0 Å². The standard InChI is InChI=1S/C18H25N3O2S/c1-12-4-5-15-13(9-12)10-16(24-15)17(22)20-7-2-3-14(11-20)21-8-6-19-18(21)23/h10,12,14H,2-9,11H2,1H3,(H,19,23)/t12-,14-/m0/s1. The summed E-state index contributed by atoms with van der Waals surface area (Å²) >= 11 is 1.69. The number of nitrogens with zero attached hydrogens (tertiary/aromatic N) is 2. The van der Waals surface area contributed by atoms with Crippen molar-refractivity contribution in [1.82, 2.24) is 15.1 Å². The SMILES string of the molecule is C[C@H]1CCc2sc(C(=O)N3CCC[C@H](N4CCNC4=O)C3)cc2C1. The first-order valence-electron chi connectivity index (χ1n) is 9.07. The summed E-state index contributed by atoms with van der Waals surface area (Å²) in [5.74, 6) is 0.884. The largest absolute Gasteiger partial charge is 0.336 e. The summed E-state index contributed by atoms with van der Waals surface area (Å²) in [4.78, 5) is 31.0. The lowest BCUT2D eigenvalue weighted by molar-refractivity contribution is 0.0639. The van der Waals surface area contributed by atoms with Crippen molar-refractivity contribution in [2.75, 3.05) is 26.2 Å². The van der Waals surface area contributed by atoms with E-state index in [9.17, 15) is 9.59 Å². The average Bonchev–Trinajstić information content (AvgIpc) is 3.20. The number of amides is 3. The van der Waals surface area contributed by atoms with Gasteiger partial charge in [0.05, 0.1) is 10.9 Å². The third-order valence-electron chi connectivity index (χ3n) is 5.55. The molecule has 0 radical (unpaired) electrons. The van der Waals surface area contributed by atoms with E-state index in [0.29, 0.717) is 6.54 Å². The molecule has 2 fully saturated rings. The number of nitrogens with one attached hydrogen (secondary N) is 1. The summed E-state index contributed by atoms with van der Waals surface area (Å²) in [7, 11) is 0. The van der Waals surface area contributed by atoms with Crippen molar-refractivity contribution < 1.29 is 9.59 Å². The van der Waals surface area contributed by atoms with E-state index in [1.54, 1.807) is 11.3 Å². The second kappa shape index (κ2) is 6.39. The van der Waals surface area contributed by atoms with Crippen LogP contribution in [0.3, 0.4) is 0 Å². The minimum absolute atomic E-state index is 0.0230. The van der Waals surface area contributed by atoms with Crippen LogP contribution >= 0.6 is 11.3 Å². The van der Waals surface area contributed by atoms with Gasteiger partial charge < -0.3 is 15.1 Å². The third kappa shape index (κ3) is 2.92. The molecule has 4 rings (SSSR count). The Labute approximate surface area is 147 Å². The van der Waals surface area contributed by atoms with E-state index in [1.807, 2.05) is 9.80 Å². The number of likely N-dealkylation sites (tertiary alicyclic amines) is 1. The first-order chi connectivity index (χ1) is 11.6. The van der Waals surface area contributed by atoms with Gasteiger partial charge in [-0.1, -0.05) is 6.92 Å². The molecule has 0 unspecified atom stereocenters. The Hall–Kier alpha value is -1.56. The number of urea groups is 1. The molecule has 1 N–H and O–H groups in total. The van der Waals surface area contributed by atoms with E-state index < -0.39 is 0 Å². The number of hydrogen-bond donors (Lipinski definition) is 1. The zero-order chi connectivity index (χ0) is 16.7. The molecule has 3 amide bonds. The number of rotatable bonds is 2. The van der Waals surface area contributed by atoms with Gasteiger partial charge in [0.15, 0.2) is 0 Å². The molecular formula is C18H25N3O2S. The fraction of sp³-hybridized carbons (Fsp3) is 0.667. The highest BCUT2D eigenvalue weighted by molar-refractivity contribution is 7.14. The fourth-order valence-corrected chi connectivity index (χ4v) is 5.37. The van der Waals surface area contributed by atoms with Crippen molar-refractivity contribution in [3.8, 4) is 0 Å². The highest BCUT2D eigenvalue weighted by atomic mass is 32.1. The van der Waals surface area contributed by atoms with Crippen molar-refractivity contribution >= 4 is 23.3 Å². The molecule has 2 saturated heterocycles. The smallest absolute Gasteiger partial charge is 0.317 e. The zero-order valence-electron chi connectivity index (χ0n) is 14.2. The third-order valence-corrected chi connectivity index (χ3v) is 6.78. The van der Waals surface area contributed by atoms with Gasteiger partial charge in [-0.15, -0.1) is 11.3 Å². The number of piperidine rings is 1. The average molecular weight is 347 g/mol. The maximum Gasteiger partial charge on any atom is 0.317 e. The van der Waals surface area contributed by atoms with Gasteiger partial charge in [-0.2, -0.15) is 0 Å². The molecule has 130 valence electrons. The van der Waals surface area contributed by atoms with Crippen molar-refractivity contribution in [2.45, 2.75) is 45.1 Å². The van der Waals surface area contributed by atoms with Crippen LogP contribution in [-0.2, 0) is 12.8 Å². The molecule has 0 spiro atoms. The molecule has 2 aliphatic heterocycles. The van der Waals surface area contributed by atoms with E-state index in [4.69, 9.17) is 0 Å². The van der Waals surface area contributed by atoms with Crippen molar-refractivity contribution in [3.05, 3.63) is 21.4 Å². The number of carbonyl (C=O) groups excluding carboxylic acids is 2. The maximum atomic E-state index is 13.0. The minimum Gasteiger partial charge on any atom is -0.336 e. The summed E-state index contributed by atoms with van der Waals surface area (Å²) in [5.41, 5.74) is 1.38. The van der Waals surface area contributed by atoms with E-state index in [2.05, 4.69) is 18.3 Å². The number of carbonyl (C=O) groups is 2. The second-order valence-corrected chi connectivity index (χ2v) is 8.52. The molecule has 1 aromatic heterocycles. The Morgan fingerprint density at radius 1 is 1.33 bits per heavy atom. The quantitative estimate of drug-likeness (QED) is 0.894. The molecule has 6 heteroatoms. The summed E-state index contributed by atoms with van der Waals surface area (Å²) in [6.07, 6.45) is 5.43. The van der Waals surface area contributed by atoms with Gasteiger partial charge in [0.1, 0.15) is 0 Å². The van der Waals surface area contributed by atoms with Gasteiger partial charge in [0.25, 0.3) is 5.91 Å². The van der Waals surface area contributed by atoms with E-state index >= 15 is 0 Å². The van der Waals surface area contributed by atoms with Crippen LogP contribution in [0.25, 0.3) is 0 Å². The zero-order valence-corrected chi connectivity index (χ0v) is 15.0. The Morgan fingerprint density at radius 2 is 2.21 bits per heavy atom. The molecular weight excluding hydrogens is 322 g/mol. The molecule has 2 atom stereocenters. The monoisotopic (exact) mass is 347 g/mol. The Bertz CT molecular complexity index is 657. The molecule has 0 saturated carbocycles. The second-order valence-electron chi connectivity index (χ2n) is 7.38. The van der Waals surface area contributed by atoms with E-state index in [1.165, 1.54) is 16.9 Å². The molecule has 5 nitrogen and oxygen atoms in total. The topological polar surface area (TPSA) is 52.7 Å². The number of fused-ring (bicyclic) bond motifs is 1. The number of hydrogen-bond acceptors (Lipinski definition) is 3. The van der Waals surface area contributed by atoms with Crippen LogP contribution in [0.4, 0.5) is 4.79 Å². The molecule has 3 aliphatic rings. The molecule has 1 aromatic rings. The highest BCUT2D eigenvalue weighted by Crippen LogP contribution is 2.33. The highest BCUT2D eigenvalue weighted by Gasteiger charge is 2.33. The number of thiophene rings is 1. The minimum atomic E-state index is 0.0230. The summed E-state index contributed by atoms with van der Waals surface area (Å²) in [6, 6.07) is 2.32. The fourth-order valence-electron chi connectivity index (χ4n) is 4.20. The van der Waals surface area contributed by atoms with Gasteiger partial charge in [0.2, 0.25) is 0 Å². The molecule has 0 aromatic carbocycles. The van der Waals surface area contributed by atoms with E-state index in [0.717, 1.165) is 56.1 Å². The lowest BCUT2D eigenvalue weighted by Gasteiger charge is -2.36. The van der Waals surface area contributed by atoms with Gasteiger partial charge in [-0.05, 0) is 49.7 Å². The van der Waals surface area contributed by atoms with Crippen molar-refractivity contribution in [1.29, 1.82) is 0 Å². The molecule has 3 heterocycles. The molecule has 0 bridgehead atoms. The first-order valence-corrected chi connectivity index (χ1v) is 9.89. The lowest BCUT2D eigenvalue weighted by Crippen LogP contribution is -2.50. The molecule has 1 aliphatic carbocycles. The van der Waals surface area contributed by atoms with Gasteiger partial charge in [-0.25, -0.2) is 4.79 Å². The normalized spacial score (nSPS) is 27.1. The van der Waals surface area contributed by atoms with Crippen LogP contribution in [0.5, 0.6) is 0 Å². The van der Waals surface area contributed by atoms with Crippen molar-refractivity contribution in [2.24, 2.45) is 5.92 Å². The molecule has 24 heavy (non-hydrogen) atoms. The maximum absolute atomic E-state index is 13.0. The van der Waals surface area contributed by atoms with Crippen LogP contribution < -0.4 is 5.32 Å². The Morgan fingerprint density at radius 3 is 3.00 bits per heavy atom. The van der Waals surface area contributed by atoms with Crippen molar-refractivity contribution in [3.63, 3.8) is 0 Å². The summed E-state index contributed by atoms with van der Waals surface area (Å²) < 4.78 is 0. The summed E-state index contributed by atoms with van der Waals surface area (Å²) in [5, 5.41) is 2.87. The van der Waals surface area contributed by atoms with Gasteiger partial charge >= 0.3 is 6.03 Å². The summed E-state index contributed by atoms with van der Waals surface area (Å²) in [6.45, 7) is 5.25.